The molecule has 0 fully saturated rings. The van der Waals surface area contributed by atoms with Crippen LogP contribution in [0.2, 0.25) is 0 Å². The van der Waals surface area contributed by atoms with Gasteiger partial charge in [0, 0.05) is 23.4 Å². The van der Waals surface area contributed by atoms with Crippen LogP contribution in [0.3, 0.4) is 0 Å². The lowest BCUT2D eigenvalue weighted by atomic mass is 10.2. The van der Waals surface area contributed by atoms with Crippen LogP contribution in [-0.4, -0.2) is 10.2 Å². The molecule has 2 aromatic carbocycles. The van der Waals surface area contributed by atoms with Gasteiger partial charge >= 0.3 is 0 Å². The largest absolute Gasteiger partial charge is 0.322 e. The molecule has 0 spiro atoms. The van der Waals surface area contributed by atoms with Crippen LogP contribution in [0.15, 0.2) is 39.8 Å². The number of benzene rings is 2. The normalized spacial score (nSPS) is 11.0. The predicted molar refractivity (Wildman–Crippen MR) is 84.4 cm³/mol. The number of aromatic nitrogens is 2. The van der Waals surface area contributed by atoms with Crippen molar-refractivity contribution >= 4 is 44.5 Å². The second kappa shape index (κ2) is 5.65. The molecular weight excluding hydrogens is 360 g/mol. The minimum Gasteiger partial charge on any atom is -0.322 e. The van der Waals surface area contributed by atoms with Gasteiger partial charge in [0.15, 0.2) is 0 Å². The van der Waals surface area contributed by atoms with E-state index >= 15 is 0 Å². The number of nitrogens with one attached hydrogen (secondary N) is 2. The molecule has 7 heteroatoms. The zero-order chi connectivity index (χ0) is 15.0. The molecular formula is C14H10BrF2N3S. The van der Waals surface area contributed by atoms with E-state index in [4.69, 9.17) is 0 Å². The molecule has 0 amide bonds. The molecule has 0 saturated heterocycles. The first-order valence-electron chi connectivity index (χ1n) is 6.07. The highest BCUT2D eigenvalue weighted by atomic mass is 79.9. The van der Waals surface area contributed by atoms with Gasteiger partial charge in [0.1, 0.15) is 16.7 Å². The first kappa shape index (κ1) is 14.3. The summed E-state index contributed by atoms with van der Waals surface area (Å²) in [6, 6.07) is 8.08. The van der Waals surface area contributed by atoms with Gasteiger partial charge in [-0.1, -0.05) is 6.07 Å². The van der Waals surface area contributed by atoms with Gasteiger partial charge in [-0.15, -0.1) is 0 Å². The van der Waals surface area contributed by atoms with Gasteiger partial charge in [-0.2, -0.15) is 5.10 Å². The fraction of sp³-hybridized carbons (Fsp3) is 0.0714. The molecule has 0 aliphatic heterocycles. The highest BCUT2D eigenvalue weighted by Gasteiger charge is 2.11. The summed E-state index contributed by atoms with van der Waals surface area (Å²) in [4.78, 5) is 0. The molecule has 108 valence electrons. The van der Waals surface area contributed by atoms with Crippen molar-refractivity contribution in [3.63, 3.8) is 0 Å². The van der Waals surface area contributed by atoms with Crippen molar-refractivity contribution < 1.29 is 8.78 Å². The van der Waals surface area contributed by atoms with Gasteiger partial charge < -0.3 is 4.72 Å². The van der Waals surface area contributed by atoms with Crippen molar-refractivity contribution in [2.75, 3.05) is 4.72 Å². The van der Waals surface area contributed by atoms with E-state index in [1.54, 1.807) is 0 Å². The van der Waals surface area contributed by atoms with Crippen molar-refractivity contribution in [3.8, 4) is 0 Å². The van der Waals surface area contributed by atoms with Gasteiger partial charge in [-0.3, -0.25) is 5.10 Å². The lowest BCUT2D eigenvalue weighted by molar-refractivity contribution is 0.598. The third-order valence-corrected chi connectivity index (χ3v) is 4.39. The molecule has 0 unspecified atom stereocenters. The first-order valence-corrected chi connectivity index (χ1v) is 7.67. The summed E-state index contributed by atoms with van der Waals surface area (Å²) in [5.74, 6) is -1.06. The van der Waals surface area contributed by atoms with Crippen LogP contribution in [0.1, 0.15) is 5.56 Å². The van der Waals surface area contributed by atoms with E-state index in [0.717, 1.165) is 40.5 Å². The fourth-order valence-electron chi connectivity index (χ4n) is 1.89. The van der Waals surface area contributed by atoms with E-state index in [-0.39, 0.29) is 10.2 Å². The number of halogens is 3. The SMILES string of the molecule is Cc1ccc2c(SNc3cc(F)c(Br)cc3F)n[nH]c2c1. The summed E-state index contributed by atoms with van der Waals surface area (Å²) in [5.41, 5.74) is 2.10. The molecule has 0 atom stereocenters. The lowest BCUT2D eigenvalue weighted by Gasteiger charge is -2.06. The number of fused-ring (bicyclic) bond motifs is 1. The van der Waals surface area contributed by atoms with Crippen LogP contribution in [0.5, 0.6) is 0 Å². The average molecular weight is 370 g/mol. The third kappa shape index (κ3) is 2.89. The Kier molecular flexibility index (Phi) is 3.86. The smallest absolute Gasteiger partial charge is 0.148 e. The Bertz CT molecular complexity index is 819. The number of rotatable bonds is 3. The quantitative estimate of drug-likeness (QED) is 0.502. The molecule has 3 nitrogen and oxygen atoms in total. The van der Waals surface area contributed by atoms with Crippen molar-refractivity contribution in [3.05, 3.63) is 52.0 Å². The van der Waals surface area contributed by atoms with Crippen molar-refractivity contribution in [1.29, 1.82) is 0 Å². The Hall–Kier alpha value is -1.60. The highest BCUT2D eigenvalue weighted by Crippen LogP contribution is 2.30. The maximum absolute atomic E-state index is 13.7. The molecule has 0 aliphatic carbocycles. The first-order chi connectivity index (χ1) is 10.0. The van der Waals surface area contributed by atoms with Crippen LogP contribution in [0.25, 0.3) is 10.9 Å². The number of anilines is 1. The summed E-state index contributed by atoms with van der Waals surface area (Å²) < 4.78 is 30.0. The van der Waals surface area contributed by atoms with E-state index < -0.39 is 11.6 Å². The molecule has 0 aliphatic rings. The summed E-state index contributed by atoms with van der Waals surface area (Å²) >= 11 is 4.07. The Morgan fingerprint density at radius 3 is 2.81 bits per heavy atom. The number of H-pyrrole nitrogens is 1. The monoisotopic (exact) mass is 369 g/mol. The summed E-state index contributed by atoms with van der Waals surface area (Å²) in [7, 11) is 0. The van der Waals surface area contributed by atoms with Gasteiger partial charge in [0.25, 0.3) is 0 Å². The maximum atomic E-state index is 13.7. The van der Waals surface area contributed by atoms with Crippen LogP contribution in [-0.2, 0) is 0 Å². The molecule has 1 aromatic heterocycles. The van der Waals surface area contributed by atoms with Gasteiger partial charge in [0.2, 0.25) is 0 Å². The zero-order valence-electron chi connectivity index (χ0n) is 10.9. The van der Waals surface area contributed by atoms with Crippen LogP contribution in [0, 0.1) is 18.6 Å². The number of hydrogen-bond donors (Lipinski definition) is 2. The van der Waals surface area contributed by atoms with E-state index in [0.29, 0.717) is 5.03 Å². The second-order valence-corrected chi connectivity index (χ2v) is 6.18. The Labute approximate surface area is 132 Å². The second-order valence-electron chi connectivity index (χ2n) is 4.53. The summed E-state index contributed by atoms with van der Waals surface area (Å²) in [6.07, 6.45) is 0. The van der Waals surface area contributed by atoms with Gasteiger partial charge in [-0.05, 0) is 46.6 Å². The van der Waals surface area contributed by atoms with Crippen LogP contribution in [0.4, 0.5) is 14.5 Å². The Morgan fingerprint density at radius 2 is 2.00 bits per heavy atom. The minimum absolute atomic E-state index is 0.0731. The Morgan fingerprint density at radius 1 is 1.19 bits per heavy atom. The van der Waals surface area contributed by atoms with Crippen molar-refractivity contribution in [2.45, 2.75) is 11.9 Å². The Balaban J connectivity index is 1.85. The van der Waals surface area contributed by atoms with Gasteiger partial charge in [-0.25, -0.2) is 8.78 Å². The molecule has 21 heavy (non-hydrogen) atoms. The predicted octanol–water partition coefficient (Wildman–Crippen LogP) is 5.03. The molecule has 2 N–H and O–H groups in total. The molecule has 0 radical (unpaired) electrons. The van der Waals surface area contributed by atoms with E-state index in [9.17, 15) is 8.78 Å². The molecule has 3 aromatic rings. The van der Waals surface area contributed by atoms with Crippen LogP contribution >= 0.6 is 27.9 Å². The molecule has 1 heterocycles. The number of hydrogen-bond acceptors (Lipinski definition) is 3. The zero-order valence-corrected chi connectivity index (χ0v) is 13.3. The van der Waals surface area contributed by atoms with E-state index in [1.165, 1.54) is 0 Å². The van der Waals surface area contributed by atoms with E-state index in [2.05, 4.69) is 30.8 Å². The standard InChI is InChI=1S/C14H10BrF2N3S/c1-7-2-3-8-12(4-7)18-19-14(8)21-20-13-6-10(16)9(15)5-11(13)17/h2-6,20H,1H3,(H,18,19). The summed E-state index contributed by atoms with van der Waals surface area (Å²) in [6.45, 7) is 1.99. The van der Waals surface area contributed by atoms with E-state index in [1.807, 2.05) is 25.1 Å². The molecule has 0 saturated carbocycles. The maximum Gasteiger partial charge on any atom is 0.148 e. The topological polar surface area (TPSA) is 40.7 Å². The minimum atomic E-state index is -0.536. The molecule has 3 rings (SSSR count). The summed E-state index contributed by atoms with van der Waals surface area (Å²) in [5, 5.41) is 8.69. The molecule has 0 bridgehead atoms. The number of nitrogens with zero attached hydrogens (tertiary/aromatic N) is 1. The average Bonchev–Trinajstić information content (AvgIpc) is 2.83. The number of aromatic amines is 1. The highest BCUT2D eigenvalue weighted by molar-refractivity contribution is 9.10. The number of aryl methyl sites for hydroxylation is 1. The lowest BCUT2D eigenvalue weighted by Crippen LogP contribution is -1.93. The fourth-order valence-corrected chi connectivity index (χ4v) is 2.95. The third-order valence-electron chi connectivity index (χ3n) is 2.95. The van der Waals surface area contributed by atoms with Crippen molar-refractivity contribution in [1.82, 2.24) is 10.2 Å². The van der Waals surface area contributed by atoms with Crippen LogP contribution < -0.4 is 4.72 Å². The van der Waals surface area contributed by atoms with Crippen molar-refractivity contribution in [2.24, 2.45) is 0 Å². The van der Waals surface area contributed by atoms with Gasteiger partial charge in [0.05, 0.1) is 15.7 Å².